The molecule has 0 amide bonds. The summed E-state index contributed by atoms with van der Waals surface area (Å²) in [5, 5.41) is 3.39. The van der Waals surface area contributed by atoms with E-state index in [9.17, 15) is 0 Å². The molecule has 0 radical (unpaired) electrons. The Hall–Kier alpha value is -1.16. The van der Waals surface area contributed by atoms with Crippen LogP contribution >= 0.6 is 0 Å². The molecule has 2 heterocycles. The molecular weight excluding hydrogens is 236 g/mol. The van der Waals surface area contributed by atoms with E-state index in [-0.39, 0.29) is 0 Å². The number of nitrogens with one attached hydrogen (secondary N) is 1. The molecule has 2 unspecified atom stereocenters. The minimum atomic E-state index is 0.473. The molecule has 0 bridgehead atoms. The summed E-state index contributed by atoms with van der Waals surface area (Å²) in [6.45, 7) is 11.9. The topological polar surface area (TPSA) is 41.1 Å². The molecule has 1 fully saturated rings. The highest BCUT2D eigenvalue weighted by molar-refractivity contribution is 5.37. The molecule has 2 rings (SSSR count). The van der Waals surface area contributed by atoms with Crippen molar-refractivity contribution in [2.24, 2.45) is 11.8 Å². The van der Waals surface area contributed by atoms with E-state index in [1.807, 2.05) is 12.4 Å². The SMILES string of the molecule is CC1CC(C)CN(c2cncc(CNC(C)C)n2)C1. The molecule has 1 aliphatic rings. The van der Waals surface area contributed by atoms with Crippen molar-refractivity contribution in [1.82, 2.24) is 15.3 Å². The summed E-state index contributed by atoms with van der Waals surface area (Å²) >= 11 is 0. The van der Waals surface area contributed by atoms with Gasteiger partial charge in [-0.15, -0.1) is 0 Å². The molecule has 4 nitrogen and oxygen atoms in total. The van der Waals surface area contributed by atoms with Crippen molar-refractivity contribution in [2.75, 3.05) is 18.0 Å². The maximum atomic E-state index is 4.74. The number of hydrogen-bond donors (Lipinski definition) is 1. The lowest BCUT2D eigenvalue weighted by atomic mass is 9.92. The Kier molecular flexibility index (Phi) is 4.75. The third-order valence-electron chi connectivity index (χ3n) is 3.56. The summed E-state index contributed by atoms with van der Waals surface area (Å²) in [6.07, 6.45) is 5.07. The van der Waals surface area contributed by atoms with Gasteiger partial charge in [0.15, 0.2) is 0 Å². The molecule has 1 N–H and O–H groups in total. The monoisotopic (exact) mass is 262 g/mol. The van der Waals surface area contributed by atoms with Gasteiger partial charge in [0, 0.05) is 31.9 Å². The zero-order valence-corrected chi connectivity index (χ0v) is 12.6. The maximum absolute atomic E-state index is 4.74. The summed E-state index contributed by atoms with van der Waals surface area (Å²) in [7, 11) is 0. The normalized spacial score (nSPS) is 23.9. The van der Waals surface area contributed by atoms with Gasteiger partial charge < -0.3 is 10.2 Å². The van der Waals surface area contributed by atoms with Crippen LogP contribution in [-0.2, 0) is 6.54 Å². The lowest BCUT2D eigenvalue weighted by Crippen LogP contribution is -2.39. The van der Waals surface area contributed by atoms with Crippen molar-refractivity contribution in [3.63, 3.8) is 0 Å². The molecule has 0 aromatic carbocycles. The molecule has 106 valence electrons. The van der Waals surface area contributed by atoms with Crippen molar-refractivity contribution < 1.29 is 0 Å². The van der Waals surface area contributed by atoms with Gasteiger partial charge in [0.2, 0.25) is 0 Å². The second-order valence-electron chi connectivity index (χ2n) is 6.26. The maximum Gasteiger partial charge on any atom is 0.147 e. The number of rotatable bonds is 4. The lowest BCUT2D eigenvalue weighted by Gasteiger charge is -2.35. The quantitative estimate of drug-likeness (QED) is 0.905. The Morgan fingerprint density at radius 3 is 2.58 bits per heavy atom. The lowest BCUT2D eigenvalue weighted by molar-refractivity contribution is 0.355. The summed E-state index contributed by atoms with van der Waals surface area (Å²) in [5.41, 5.74) is 1.03. The molecule has 0 saturated carbocycles. The molecule has 2 atom stereocenters. The smallest absolute Gasteiger partial charge is 0.147 e. The van der Waals surface area contributed by atoms with E-state index in [1.165, 1.54) is 6.42 Å². The average Bonchev–Trinajstić information content (AvgIpc) is 2.35. The number of aromatic nitrogens is 2. The zero-order chi connectivity index (χ0) is 13.8. The average molecular weight is 262 g/mol. The van der Waals surface area contributed by atoms with Crippen LogP contribution in [0.2, 0.25) is 0 Å². The van der Waals surface area contributed by atoms with E-state index in [0.717, 1.165) is 43.0 Å². The van der Waals surface area contributed by atoms with Crippen LogP contribution in [-0.4, -0.2) is 29.1 Å². The van der Waals surface area contributed by atoms with Crippen LogP contribution in [0.4, 0.5) is 5.82 Å². The van der Waals surface area contributed by atoms with Gasteiger partial charge >= 0.3 is 0 Å². The molecule has 1 saturated heterocycles. The zero-order valence-electron chi connectivity index (χ0n) is 12.6. The molecule has 19 heavy (non-hydrogen) atoms. The van der Waals surface area contributed by atoms with Crippen molar-refractivity contribution in [3.05, 3.63) is 18.1 Å². The van der Waals surface area contributed by atoms with Crippen molar-refractivity contribution in [2.45, 2.75) is 46.7 Å². The second kappa shape index (κ2) is 6.33. The van der Waals surface area contributed by atoms with Gasteiger partial charge in [0.1, 0.15) is 5.82 Å². The second-order valence-corrected chi connectivity index (χ2v) is 6.26. The van der Waals surface area contributed by atoms with E-state index in [1.54, 1.807) is 0 Å². The minimum absolute atomic E-state index is 0.473. The van der Waals surface area contributed by atoms with Crippen LogP contribution in [0.25, 0.3) is 0 Å². The van der Waals surface area contributed by atoms with E-state index in [4.69, 9.17) is 4.98 Å². The standard InChI is InChI=1S/C15H26N4/c1-11(2)17-7-14-6-16-8-15(18-14)19-9-12(3)5-13(4)10-19/h6,8,11-13,17H,5,7,9-10H2,1-4H3. The molecule has 0 spiro atoms. The fourth-order valence-electron chi connectivity index (χ4n) is 2.79. The predicted octanol–water partition coefficient (Wildman–Crippen LogP) is 2.46. The van der Waals surface area contributed by atoms with E-state index in [2.05, 4.69) is 42.9 Å². The van der Waals surface area contributed by atoms with Crippen molar-refractivity contribution in [3.8, 4) is 0 Å². The van der Waals surface area contributed by atoms with Gasteiger partial charge in [0.25, 0.3) is 0 Å². The van der Waals surface area contributed by atoms with Gasteiger partial charge in [-0.05, 0) is 18.3 Å². The Balaban J connectivity index is 2.05. The molecule has 0 aliphatic carbocycles. The highest BCUT2D eigenvalue weighted by Gasteiger charge is 2.22. The van der Waals surface area contributed by atoms with Gasteiger partial charge in [-0.25, -0.2) is 4.98 Å². The fraction of sp³-hybridized carbons (Fsp3) is 0.733. The molecule has 4 heteroatoms. The minimum Gasteiger partial charge on any atom is -0.355 e. The van der Waals surface area contributed by atoms with Gasteiger partial charge in [-0.2, -0.15) is 0 Å². The fourth-order valence-corrected chi connectivity index (χ4v) is 2.79. The van der Waals surface area contributed by atoms with Crippen LogP contribution in [0.3, 0.4) is 0 Å². The third kappa shape index (κ3) is 4.16. The van der Waals surface area contributed by atoms with E-state index >= 15 is 0 Å². The van der Waals surface area contributed by atoms with Crippen LogP contribution in [0, 0.1) is 11.8 Å². The molecule has 1 aliphatic heterocycles. The Morgan fingerprint density at radius 2 is 1.95 bits per heavy atom. The first-order valence-electron chi connectivity index (χ1n) is 7.34. The first-order valence-corrected chi connectivity index (χ1v) is 7.34. The number of nitrogens with zero attached hydrogens (tertiary/aromatic N) is 3. The largest absolute Gasteiger partial charge is 0.355 e. The summed E-state index contributed by atoms with van der Waals surface area (Å²) in [4.78, 5) is 11.5. The highest BCUT2D eigenvalue weighted by atomic mass is 15.2. The number of anilines is 1. The molecule has 1 aromatic rings. The number of piperidine rings is 1. The van der Waals surface area contributed by atoms with Crippen molar-refractivity contribution in [1.29, 1.82) is 0 Å². The Bertz CT molecular complexity index is 395. The van der Waals surface area contributed by atoms with E-state index in [0.29, 0.717) is 6.04 Å². The molecule has 1 aromatic heterocycles. The Morgan fingerprint density at radius 1 is 1.26 bits per heavy atom. The van der Waals surface area contributed by atoms with Crippen molar-refractivity contribution >= 4 is 5.82 Å². The summed E-state index contributed by atoms with van der Waals surface area (Å²) in [5.74, 6) is 2.51. The summed E-state index contributed by atoms with van der Waals surface area (Å²) < 4.78 is 0. The van der Waals surface area contributed by atoms with Gasteiger partial charge in [-0.3, -0.25) is 4.98 Å². The Labute approximate surface area is 116 Å². The predicted molar refractivity (Wildman–Crippen MR) is 79.2 cm³/mol. The first kappa shape index (κ1) is 14.3. The van der Waals surface area contributed by atoms with E-state index < -0.39 is 0 Å². The van der Waals surface area contributed by atoms with Crippen LogP contribution in [0.1, 0.15) is 39.8 Å². The summed E-state index contributed by atoms with van der Waals surface area (Å²) in [6, 6.07) is 0.473. The molecular formula is C15H26N4. The van der Waals surface area contributed by atoms with Crippen LogP contribution in [0.15, 0.2) is 12.4 Å². The van der Waals surface area contributed by atoms with Crippen LogP contribution in [0.5, 0.6) is 0 Å². The van der Waals surface area contributed by atoms with Gasteiger partial charge in [-0.1, -0.05) is 27.7 Å². The number of hydrogen-bond acceptors (Lipinski definition) is 4. The third-order valence-corrected chi connectivity index (χ3v) is 3.56. The van der Waals surface area contributed by atoms with Gasteiger partial charge in [0.05, 0.1) is 11.9 Å². The highest BCUT2D eigenvalue weighted by Crippen LogP contribution is 2.24. The van der Waals surface area contributed by atoms with Crippen LogP contribution < -0.4 is 10.2 Å². The first-order chi connectivity index (χ1) is 9.04.